The van der Waals surface area contributed by atoms with Crippen LogP contribution in [-0.4, -0.2) is 99.7 Å². The van der Waals surface area contributed by atoms with E-state index in [1.54, 1.807) is 41.7 Å². The Balaban J connectivity index is 4.93. The predicted octanol–water partition coefficient (Wildman–Crippen LogP) is -0.658. The molecule has 4 radical (unpaired) electrons. The monoisotopic (exact) mass is 404 g/mol. The van der Waals surface area contributed by atoms with Gasteiger partial charge in [-0.2, -0.15) is 0 Å². The first-order valence-corrected chi connectivity index (χ1v) is 9.82. The van der Waals surface area contributed by atoms with Crippen LogP contribution in [0.5, 0.6) is 0 Å². The van der Waals surface area contributed by atoms with Crippen molar-refractivity contribution in [3.8, 4) is 0 Å². The molecule has 0 bridgehead atoms. The van der Waals surface area contributed by atoms with Crippen LogP contribution in [0.3, 0.4) is 0 Å². The van der Waals surface area contributed by atoms with Gasteiger partial charge in [0.25, 0.3) is 0 Å². The summed E-state index contributed by atoms with van der Waals surface area (Å²) in [7, 11) is 12.5. The number of amides is 2. The van der Waals surface area contributed by atoms with Crippen molar-refractivity contribution in [1.29, 1.82) is 0 Å². The summed E-state index contributed by atoms with van der Waals surface area (Å²) in [4.78, 5) is 51.7. The lowest BCUT2D eigenvalue weighted by atomic mass is 9.97. The van der Waals surface area contributed by atoms with Crippen LogP contribution in [-0.2, 0) is 19.2 Å². The van der Waals surface area contributed by atoms with E-state index in [1.807, 2.05) is 0 Å². The Morgan fingerprint density at radius 1 is 0.828 bits per heavy atom. The Morgan fingerprint density at radius 3 is 1.72 bits per heavy atom. The Kier molecular flexibility index (Phi) is 11.4. The Bertz CT molecular complexity index is 597. The number of likely N-dealkylation sites (N-methyl/N-ethyl adjacent to an activating group) is 2. The molecular weight excluding hydrogens is 370 g/mol. The number of carbonyl (C=O) groups is 4. The summed E-state index contributed by atoms with van der Waals surface area (Å²) in [5, 5.41) is 6.02. The van der Waals surface area contributed by atoms with Crippen molar-refractivity contribution >= 4 is 39.1 Å². The summed E-state index contributed by atoms with van der Waals surface area (Å²) in [5.74, 6) is -0.954. The first-order chi connectivity index (χ1) is 13.4. The largest absolute Gasteiger partial charge is 0.336 e. The van der Waals surface area contributed by atoms with Crippen LogP contribution in [0.4, 0.5) is 0 Å². The summed E-state index contributed by atoms with van der Waals surface area (Å²) in [6.07, 6.45) is -0.357. The molecule has 0 unspecified atom stereocenters. The van der Waals surface area contributed by atoms with E-state index in [9.17, 15) is 19.2 Å². The zero-order valence-corrected chi connectivity index (χ0v) is 18.6. The van der Waals surface area contributed by atoms with Crippen LogP contribution in [0.25, 0.3) is 0 Å². The summed E-state index contributed by atoms with van der Waals surface area (Å²) in [6, 6.07) is 0. The molecule has 0 saturated heterocycles. The summed E-state index contributed by atoms with van der Waals surface area (Å²) in [5.41, 5.74) is -1.69. The van der Waals surface area contributed by atoms with Crippen LogP contribution in [0, 0.1) is 0 Å². The maximum Gasteiger partial charge on any atom is 0.214 e. The summed E-state index contributed by atoms with van der Waals surface area (Å²) >= 11 is 0. The standard InChI is InChI=1S/C19H34B2N4O4/c1-7-24(16(28)10-20)12-15(27)19(4,5)23-8-9-25(17(29)11-21)13-14(26)18(2,3)22-6/h22-23H,7-13H2,1-6H3. The van der Waals surface area contributed by atoms with E-state index in [0.29, 0.717) is 6.54 Å². The van der Waals surface area contributed by atoms with E-state index in [0.717, 1.165) is 0 Å². The topological polar surface area (TPSA) is 98.8 Å². The predicted molar refractivity (Wildman–Crippen MR) is 115 cm³/mol. The Morgan fingerprint density at radius 2 is 1.28 bits per heavy atom. The molecule has 0 aromatic heterocycles. The molecule has 0 atom stereocenters. The third kappa shape index (κ3) is 8.70. The minimum atomic E-state index is -0.923. The van der Waals surface area contributed by atoms with E-state index in [2.05, 4.69) is 10.6 Å². The van der Waals surface area contributed by atoms with Crippen LogP contribution in [0.1, 0.15) is 34.6 Å². The zero-order chi connectivity index (χ0) is 22.8. The van der Waals surface area contributed by atoms with Crippen molar-refractivity contribution in [3.05, 3.63) is 0 Å². The van der Waals surface area contributed by atoms with Gasteiger partial charge < -0.3 is 20.4 Å². The maximum atomic E-state index is 12.6. The third-order valence-electron chi connectivity index (χ3n) is 5.07. The normalized spacial score (nSPS) is 11.8. The molecule has 0 fully saturated rings. The van der Waals surface area contributed by atoms with Gasteiger partial charge in [0.15, 0.2) is 11.6 Å². The van der Waals surface area contributed by atoms with Gasteiger partial charge in [-0.3, -0.25) is 19.2 Å². The highest BCUT2D eigenvalue weighted by molar-refractivity contribution is 6.20. The molecule has 0 aromatic carbocycles. The lowest BCUT2D eigenvalue weighted by molar-refractivity contribution is -0.136. The van der Waals surface area contributed by atoms with Crippen molar-refractivity contribution in [2.75, 3.05) is 39.8 Å². The lowest BCUT2D eigenvalue weighted by Crippen LogP contribution is -2.55. The summed E-state index contributed by atoms with van der Waals surface area (Å²) < 4.78 is 0. The molecule has 0 spiro atoms. The van der Waals surface area contributed by atoms with Crippen LogP contribution in [0.2, 0.25) is 12.6 Å². The fraction of sp³-hybridized carbons (Fsp3) is 0.789. The van der Waals surface area contributed by atoms with E-state index in [4.69, 9.17) is 15.7 Å². The van der Waals surface area contributed by atoms with Crippen LogP contribution >= 0.6 is 0 Å². The molecule has 0 rings (SSSR count). The highest BCUT2D eigenvalue weighted by Crippen LogP contribution is 2.08. The second-order valence-electron chi connectivity index (χ2n) is 7.90. The molecule has 2 amide bonds. The van der Waals surface area contributed by atoms with Gasteiger partial charge in [-0.15, -0.1) is 0 Å². The van der Waals surface area contributed by atoms with Gasteiger partial charge in [-0.25, -0.2) is 0 Å². The SMILES string of the molecule is [B]CC(=O)N(CCNC(C)(C)C(=O)CN(CC)C(=O)C[B])CC(=O)C(C)(C)NC. The average Bonchev–Trinajstić information content (AvgIpc) is 2.69. The van der Waals surface area contributed by atoms with Crippen molar-refractivity contribution < 1.29 is 19.2 Å². The zero-order valence-electron chi connectivity index (χ0n) is 18.6. The number of Topliss-reactive ketones (excluding diaryl/α,β-unsaturated/α-hetero) is 2. The fourth-order valence-electron chi connectivity index (χ4n) is 2.41. The van der Waals surface area contributed by atoms with E-state index in [1.165, 1.54) is 9.80 Å². The number of ketones is 2. The maximum absolute atomic E-state index is 12.6. The number of nitrogens with zero attached hydrogens (tertiary/aromatic N) is 2. The van der Waals surface area contributed by atoms with Crippen LogP contribution < -0.4 is 10.6 Å². The smallest absolute Gasteiger partial charge is 0.214 e. The van der Waals surface area contributed by atoms with Gasteiger partial charge in [0, 0.05) is 19.6 Å². The van der Waals surface area contributed by atoms with Crippen molar-refractivity contribution in [3.63, 3.8) is 0 Å². The molecule has 0 aliphatic heterocycles. The number of rotatable bonds is 14. The molecular formula is C19H34B2N4O4. The Hall–Kier alpha value is -1.67. The number of nitrogens with one attached hydrogen (secondary N) is 2. The van der Waals surface area contributed by atoms with Gasteiger partial charge in [-0.05, 0) is 54.3 Å². The fourth-order valence-corrected chi connectivity index (χ4v) is 2.41. The highest BCUT2D eigenvalue weighted by atomic mass is 16.2. The molecule has 0 aliphatic rings. The van der Waals surface area contributed by atoms with Crippen molar-refractivity contribution in [2.24, 2.45) is 0 Å². The van der Waals surface area contributed by atoms with E-state index < -0.39 is 11.1 Å². The van der Waals surface area contributed by atoms with Crippen LogP contribution in [0.15, 0.2) is 0 Å². The van der Waals surface area contributed by atoms with Gasteiger partial charge >= 0.3 is 0 Å². The highest BCUT2D eigenvalue weighted by Gasteiger charge is 2.31. The van der Waals surface area contributed by atoms with Gasteiger partial charge in [-0.1, -0.05) is 0 Å². The molecule has 8 nitrogen and oxygen atoms in total. The molecule has 29 heavy (non-hydrogen) atoms. The van der Waals surface area contributed by atoms with Gasteiger partial charge in [0.2, 0.25) is 11.8 Å². The van der Waals surface area contributed by atoms with E-state index >= 15 is 0 Å². The molecule has 0 aromatic rings. The van der Waals surface area contributed by atoms with Gasteiger partial charge in [0.05, 0.1) is 39.9 Å². The molecule has 0 aliphatic carbocycles. The average molecular weight is 404 g/mol. The lowest BCUT2D eigenvalue weighted by Gasteiger charge is -2.31. The summed E-state index contributed by atoms with van der Waals surface area (Å²) in [6.45, 7) is 9.45. The number of carbonyl (C=O) groups excluding carboxylic acids is 4. The third-order valence-corrected chi connectivity index (χ3v) is 5.07. The minimum Gasteiger partial charge on any atom is -0.336 e. The Labute approximate surface area is 177 Å². The second kappa shape index (κ2) is 12.1. The van der Waals surface area contributed by atoms with Crippen molar-refractivity contribution in [1.82, 2.24) is 20.4 Å². The second-order valence-corrected chi connectivity index (χ2v) is 7.90. The molecule has 0 heterocycles. The molecule has 10 heteroatoms. The molecule has 2 N–H and O–H groups in total. The van der Waals surface area contributed by atoms with Gasteiger partial charge in [0.1, 0.15) is 0 Å². The number of hydrogen-bond acceptors (Lipinski definition) is 6. The number of hydrogen-bond donors (Lipinski definition) is 2. The minimum absolute atomic E-state index is 0.0488. The van der Waals surface area contributed by atoms with Crippen molar-refractivity contribution in [2.45, 2.75) is 58.3 Å². The molecule has 160 valence electrons. The first kappa shape index (κ1) is 27.3. The quantitative estimate of drug-likeness (QED) is 0.373. The van der Waals surface area contributed by atoms with E-state index in [-0.39, 0.29) is 62.2 Å². The molecule has 0 saturated carbocycles. The first-order valence-electron chi connectivity index (χ1n) is 9.82.